The van der Waals surface area contributed by atoms with E-state index in [1.54, 1.807) is 60.5 Å². The average Bonchev–Trinajstić information content (AvgIpc) is 3.26. The number of carbonyl (C=O) groups excluding carboxylic acids is 1. The van der Waals surface area contributed by atoms with Crippen LogP contribution in [-0.4, -0.2) is 49.6 Å². The molecule has 1 aliphatic rings. The van der Waals surface area contributed by atoms with Crippen LogP contribution in [0.3, 0.4) is 0 Å². The van der Waals surface area contributed by atoms with Crippen LogP contribution >= 0.6 is 11.3 Å². The Kier molecular flexibility index (Phi) is 6.98. The predicted molar refractivity (Wildman–Crippen MR) is 118 cm³/mol. The summed E-state index contributed by atoms with van der Waals surface area (Å²) >= 11 is 1.18. The van der Waals surface area contributed by atoms with Crippen LogP contribution in [-0.2, 0) is 10.0 Å². The third-order valence-electron chi connectivity index (χ3n) is 4.75. The zero-order chi connectivity index (χ0) is 21.8. The molecule has 0 aliphatic carbocycles. The summed E-state index contributed by atoms with van der Waals surface area (Å²) in [5.74, 6) is 5.62. The normalized spacial score (nSPS) is 17.3. The van der Waals surface area contributed by atoms with Crippen molar-refractivity contribution in [1.82, 2.24) is 9.62 Å². The van der Waals surface area contributed by atoms with Gasteiger partial charge in [0.2, 0.25) is 10.0 Å². The molecule has 8 heteroatoms. The molecule has 0 bridgehead atoms. The highest BCUT2D eigenvalue weighted by Gasteiger charge is 2.26. The lowest BCUT2D eigenvalue weighted by Gasteiger charge is -2.33. The lowest BCUT2D eigenvalue weighted by atomic mass is 9.97. The number of rotatable bonds is 5. The third-order valence-corrected chi connectivity index (χ3v) is 7.57. The van der Waals surface area contributed by atoms with Crippen LogP contribution in [0.2, 0.25) is 0 Å². The fourth-order valence-electron chi connectivity index (χ4n) is 3.27. The molecule has 1 fully saturated rings. The first-order chi connectivity index (χ1) is 14.1. The van der Waals surface area contributed by atoms with Gasteiger partial charge in [-0.2, -0.15) is 0 Å². The summed E-state index contributed by atoms with van der Waals surface area (Å²) < 4.78 is 27.6. The summed E-state index contributed by atoms with van der Waals surface area (Å²) in [6, 6.07) is 10.3. The predicted octanol–water partition coefficient (Wildman–Crippen LogP) is 2.70. The molecule has 1 atom stereocenters. The van der Waals surface area contributed by atoms with Gasteiger partial charge in [-0.25, -0.2) is 13.1 Å². The van der Waals surface area contributed by atoms with Crippen molar-refractivity contribution in [3.63, 3.8) is 0 Å². The average molecular weight is 447 g/mol. The number of aliphatic hydroxyl groups is 1. The van der Waals surface area contributed by atoms with E-state index in [1.165, 1.54) is 11.3 Å². The van der Waals surface area contributed by atoms with Gasteiger partial charge in [-0.05, 0) is 62.3 Å². The highest BCUT2D eigenvalue weighted by molar-refractivity contribution is 7.91. The number of carbonyl (C=O) groups is 1. The number of sulfonamides is 1. The summed E-state index contributed by atoms with van der Waals surface area (Å²) in [7, 11) is -3.50. The van der Waals surface area contributed by atoms with Gasteiger partial charge in [0.15, 0.2) is 0 Å². The van der Waals surface area contributed by atoms with E-state index in [-0.39, 0.29) is 11.8 Å². The van der Waals surface area contributed by atoms with Gasteiger partial charge < -0.3 is 10.0 Å². The maximum absolute atomic E-state index is 13.0. The van der Waals surface area contributed by atoms with E-state index in [1.807, 2.05) is 0 Å². The summed E-state index contributed by atoms with van der Waals surface area (Å²) in [6.07, 6.45) is 1.70. The molecule has 1 aromatic heterocycles. The van der Waals surface area contributed by atoms with E-state index in [0.29, 0.717) is 35.0 Å². The molecule has 1 aliphatic heterocycles. The zero-order valence-electron chi connectivity index (χ0n) is 17.1. The second kappa shape index (κ2) is 9.31. The lowest BCUT2D eigenvalue weighted by Crippen LogP contribution is -2.43. The molecule has 30 heavy (non-hydrogen) atoms. The summed E-state index contributed by atoms with van der Waals surface area (Å²) in [4.78, 5) is 14.8. The van der Waals surface area contributed by atoms with Gasteiger partial charge in [-0.15, -0.1) is 11.3 Å². The fraction of sp³-hybridized carbons (Fsp3) is 0.409. The number of piperidine rings is 1. The van der Waals surface area contributed by atoms with Crippen molar-refractivity contribution >= 4 is 27.3 Å². The van der Waals surface area contributed by atoms with Crippen LogP contribution in [0.1, 0.15) is 42.6 Å². The Morgan fingerprint density at radius 1 is 1.33 bits per heavy atom. The van der Waals surface area contributed by atoms with Gasteiger partial charge in [-0.1, -0.05) is 24.0 Å². The molecule has 1 amide bonds. The first-order valence-corrected chi connectivity index (χ1v) is 12.2. The number of likely N-dealkylation sites (tertiary alicyclic amines) is 1. The molecule has 6 nitrogen and oxygen atoms in total. The first-order valence-electron chi connectivity index (χ1n) is 9.82. The van der Waals surface area contributed by atoms with Crippen LogP contribution in [0.15, 0.2) is 46.0 Å². The van der Waals surface area contributed by atoms with E-state index in [4.69, 9.17) is 0 Å². The molecule has 2 aromatic rings. The van der Waals surface area contributed by atoms with Crippen LogP contribution in [0.5, 0.6) is 0 Å². The van der Waals surface area contributed by atoms with Crippen LogP contribution in [0.25, 0.3) is 0 Å². The molecule has 1 unspecified atom stereocenters. The van der Waals surface area contributed by atoms with Crippen molar-refractivity contribution in [1.29, 1.82) is 0 Å². The molecular formula is C22H26N2O4S2. The number of nitrogens with zero attached hydrogens (tertiary/aromatic N) is 1. The minimum atomic E-state index is -3.50. The number of thiophene rings is 1. The molecule has 1 saturated heterocycles. The molecule has 2 heterocycles. The Morgan fingerprint density at radius 2 is 2.13 bits per heavy atom. The molecule has 1 aromatic carbocycles. The minimum absolute atomic E-state index is 0.0654. The molecule has 160 valence electrons. The monoisotopic (exact) mass is 446 g/mol. The van der Waals surface area contributed by atoms with Crippen molar-refractivity contribution < 1.29 is 18.3 Å². The Balaban J connectivity index is 1.64. The van der Waals surface area contributed by atoms with E-state index in [2.05, 4.69) is 16.6 Å². The number of hydrogen-bond donors (Lipinski definition) is 2. The van der Waals surface area contributed by atoms with Gasteiger partial charge >= 0.3 is 0 Å². The van der Waals surface area contributed by atoms with Crippen molar-refractivity contribution in [2.75, 3.05) is 19.6 Å². The Labute approximate surface area is 182 Å². The van der Waals surface area contributed by atoms with Crippen molar-refractivity contribution in [2.24, 2.45) is 5.92 Å². The summed E-state index contributed by atoms with van der Waals surface area (Å²) in [5, 5.41) is 11.5. The SMILES string of the molecule is CC(C)(O)C#Cc1cccc(C(=O)N2CCCC(CNS(=O)(=O)c3cccs3)C2)c1. The highest BCUT2D eigenvalue weighted by Crippen LogP contribution is 2.20. The van der Waals surface area contributed by atoms with E-state index < -0.39 is 15.6 Å². The maximum Gasteiger partial charge on any atom is 0.253 e. The Hall–Kier alpha value is -2.18. The molecule has 2 N–H and O–H groups in total. The Bertz CT molecular complexity index is 1040. The summed E-state index contributed by atoms with van der Waals surface area (Å²) in [6.45, 7) is 4.67. The smallest absolute Gasteiger partial charge is 0.253 e. The number of hydrogen-bond acceptors (Lipinski definition) is 5. The van der Waals surface area contributed by atoms with E-state index in [9.17, 15) is 18.3 Å². The molecule has 3 rings (SSSR count). The minimum Gasteiger partial charge on any atom is -0.378 e. The number of benzene rings is 1. The van der Waals surface area contributed by atoms with E-state index in [0.717, 1.165) is 12.8 Å². The molecule has 0 saturated carbocycles. The number of amides is 1. The van der Waals surface area contributed by atoms with Gasteiger partial charge in [0.1, 0.15) is 9.81 Å². The topological polar surface area (TPSA) is 86.7 Å². The van der Waals surface area contributed by atoms with Crippen molar-refractivity contribution in [2.45, 2.75) is 36.5 Å². The molecule has 0 spiro atoms. The lowest BCUT2D eigenvalue weighted by molar-refractivity contribution is 0.0676. The third kappa shape index (κ3) is 6.16. The van der Waals surface area contributed by atoms with Gasteiger partial charge in [-0.3, -0.25) is 4.79 Å². The highest BCUT2D eigenvalue weighted by atomic mass is 32.2. The first kappa shape index (κ1) is 22.5. The van der Waals surface area contributed by atoms with Crippen molar-refractivity contribution in [3.8, 4) is 11.8 Å². The van der Waals surface area contributed by atoms with Gasteiger partial charge in [0, 0.05) is 30.8 Å². The zero-order valence-corrected chi connectivity index (χ0v) is 18.7. The van der Waals surface area contributed by atoms with Crippen LogP contribution < -0.4 is 4.72 Å². The number of nitrogens with one attached hydrogen (secondary N) is 1. The largest absolute Gasteiger partial charge is 0.378 e. The van der Waals surface area contributed by atoms with Crippen molar-refractivity contribution in [3.05, 3.63) is 52.9 Å². The van der Waals surface area contributed by atoms with Gasteiger partial charge in [0.25, 0.3) is 5.91 Å². The maximum atomic E-state index is 13.0. The van der Waals surface area contributed by atoms with Crippen LogP contribution in [0, 0.1) is 17.8 Å². The van der Waals surface area contributed by atoms with Gasteiger partial charge in [0.05, 0.1) is 0 Å². The quantitative estimate of drug-likeness (QED) is 0.692. The second-order valence-corrected chi connectivity index (χ2v) is 10.9. The molecule has 0 radical (unpaired) electrons. The Morgan fingerprint density at radius 3 is 2.83 bits per heavy atom. The second-order valence-electron chi connectivity index (χ2n) is 7.93. The van der Waals surface area contributed by atoms with Crippen LogP contribution in [0.4, 0.5) is 0 Å². The standard InChI is InChI=1S/C22H26N2O4S2/c1-22(2,26)11-10-17-6-3-8-19(14-17)21(25)24-12-4-7-18(16-24)15-23-30(27,28)20-9-5-13-29-20/h3,5-6,8-9,13-14,18,23,26H,4,7,12,15-16H2,1-2H3. The summed E-state index contributed by atoms with van der Waals surface area (Å²) in [5.41, 5.74) is 0.105. The van der Waals surface area contributed by atoms with E-state index >= 15 is 0 Å². The molecular weight excluding hydrogens is 420 g/mol. The fourth-order valence-corrected chi connectivity index (χ4v) is 5.42.